The van der Waals surface area contributed by atoms with Crippen LogP contribution in [-0.4, -0.2) is 48.7 Å². The van der Waals surface area contributed by atoms with Crippen LogP contribution < -0.4 is 9.80 Å². The largest absolute Gasteiger partial charge is 0.460 e. The van der Waals surface area contributed by atoms with Gasteiger partial charge in [-0.15, -0.1) is 0 Å². The Hall–Kier alpha value is -3.92. The highest BCUT2D eigenvalue weighted by Crippen LogP contribution is 2.29. The molecular formula is C24H23N5O2. The van der Waals surface area contributed by atoms with Crippen molar-refractivity contribution in [3.05, 3.63) is 72.9 Å². The van der Waals surface area contributed by atoms with Crippen molar-refractivity contribution in [2.45, 2.75) is 5.92 Å². The Bertz CT molecular complexity index is 1120. The van der Waals surface area contributed by atoms with Crippen LogP contribution in [0.1, 0.15) is 11.6 Å². The molecular weight excluding hydrogens is 390 g/mol. The Morgan fingerprint density at radius 2 is 1.65 bits per heavy atom. The van der Waals surface area contributed by atoms with Crippen molar-refractivity contribution in [3.8, 4) is 6.07 Å². The lowest BCUT2D eigenvalue weighted by molar-refractivity contribution is -0.142. The van der Waals surface area contributed by atoms with E-state index in [2.05, 4.69) is 39.6 Å². The normalized spacial score (nSPS) is 14.7. The molecule has 7 nitrogen and oxygen atoms in total. The lowest BCUT2D eigenvalue weighted by Gasteiger charge is -2.37. The number of nitrogens with zero attached hydrogens (tertiary/aromatic N) is 5. The summed E-state index contributed by atoms with van der Waals surface area (Å²) in [4.78, 5) is 26.4. The number of piperazine rings is 1. The van der Waals surface area contributed by atoms with Crippen molar-refractivity contribution in [3.63, 3.8) is 0 Å². The highest BCUT2D eigenvalue weighted by atomic mass is 16.5. The molecule has 31 heavy (non-hydrogen) atoms. The molecule has 4 rings (SSSR count). The number of fused-ring (bicyclic) bond motifs is 1. The minimum atomic E-state index is -1.15. The average molecular weight is 413 g/mol. The molecule has 0 amide bonds. The van der Waals surface area contributed by atoms with Crippen LogP contribution in [0.2, 0.25) is 0 Å². The van der Waals surface area contributed by atoms with Crippen LogP contribution in [0.25, 0.3) is 11.0 Å². The Kier molecular flexibility index (Phi) is 6.08. The first kappa shape index (κ1) is 20.4. The highest BCUT2D eigenvalue weighted by Gasteiger charge is 2.31. The van der Waals surface area contributed by atoms with E-state index in [-0.39, 0.29) is 6.61 Å². The summed E-state index contributed by atoms with van der Waals surface area (Å²) < 4.78 is 5.15. The number of hydrogen-bond acceptors (Lipinski definition) is 7. The van der Waals surface area contributed by atoms with Gasteiger partial charge in [0, 0.05) is 31.9 Å². The molecule has 0 bridgehead atoms. The third-order valence-electron chi connectivity index (χ3n) is 5.26. The van der Waals surface area contributed by atoms with Gasteiger partial charge < -0.3 is 14.5 Å². The van der Waals surface area contributed by atoms with E-state index in [1.807, 2.05) is 42.5 Å². The number of rotatable bonds is 6. The van der Waals surface area contributed by atoms with Crippen LogP contribution in [0.3, 0.4) is 0 Å². The Labute approximate surface area is 181 Å². The van der Waals surface area contributed by atoms with E-state index in [9.17, 15) is 10.1 Å². The second-order valence-electron chi connectivity index (χ2n) is 7.21. The van der Waals surface area contributed by atoms with Crippen molar-refractivity contribution in [2.75, 3.05) is 42.6 Å². The zero-order valence-corrected chi connectivity index (χ0v) is 17.1. The van der Waals surface area contributed by atoms with Crippen molar-refractivity contribution in [1.29, 1.82) is 5.26 Å². The molecule has 3 aromatic rings. The minimum Gasteiger partial charge on any atom is -0.460 e. The molecule has 1 aliphatic rings. The number of carbonyl (C=O) groups is 1. The molecule has 0 aliphatic carbocycles. The van der Waals surface area contributed by atoms with E-state index in [0.29, 0.717) is 30.1 Å². The van der Waals surface area contributed by atoms with E-state index in [1.165, 1.54) is 11.8 Å². The van der Waals surface area contributed by atoms with Crippen LogP contribution in [0.5, 0.6) is 0 Å². The number of ether oxygens (including phenoxy) is 1. The van der Waals surface area contributed by atoms with Gasteiger partial charge in [-0.2, -0.15) is 5.26 Å². The number of esters is 1. The second-order valence-corrected chi connectivity index (χ2v) is 7.21. The molecule has 1 aliphatic heterocycles. The summed E-state index contributed by atoms with van der Waals surface area (Å²) >= 11 is 0. The molecule has 1 atom stereocenters. The summed E-state index contributed by atoms with van der Waals surface area (Å²) in [6.45, 7) is 6.61. The van der Waals surface area contributed by atoms with Crippen LogP contribution in [0.4, 0.5) is 11.5 Å². The predicted molar refractivity (Wildman–Crippen MR) is 120 cm³/mol. The zero-order valence-electron chi connectivity index (χ0n) is 17.1. The van der Waals surface area contributed by atoms with Gasteiger partial charge >= 0.3 is 5.97 Å². The number of benzene rings is 2. The molecule has 1 aromatic heterocycles. The van der Waals surface area contributed by atoms with Gasteiger partial charge in [0.25, 0.3) is 0 Å². The maximum absolute atomic E-state index is 12.6. The van der Waals surface area contributed by atoms with Crippen LogP contribution in [0, 0.1) is 11.3 Å². The summed E-state index contributed by atoms with van der Waals surface area (Å²) in [5.74, 6) is -1.23. The molecule has 0 unspecified atom stereocenters. The average Bonchev–Trinajstić information content (AvgIpc) is 2.83. The van der Waals surface area contributed by atoms with E-state index in [0.717, 1.165) is 18.6 Å². The summed E-state index contributed by atoms with van der Waals surface area (Å²) in [6.07, 6.45) is 1.47. The van der Waals surface area contributed by atoms with Crippen molar-refractivity contribution < 1.29 is 9.53 Å². The van der Waals surface area contributed by atoms with Crippen molar-refractivity contribution >= 4 is 28.5 Å². The number of aromatic nitrogens is 2. The monoisotopic (exact) mass is 413 g/mol. The molecule has 156 valence electrons. The minimum absolute atomic E-state index is 0.0447. The maximum Gasteiger partial charge on any atom is 0.330 e. The number of carbonyl (C=O) groups excluding carboxylic acids is 1. The molecule has 0 N–H and O–H groups in total. The fourth-order valence-corrected chi connectivity index (χ4v) is 3.70. The van der Waals surface area contributed by atoms with Gasteiger partial charge in [-0.25, -0.2) is 9.97 Å². The Morgan fingerprint density at radius 3 is 2.29 bits per heavy atom. The lowest BCUT2D eigenvalue weighted by Crippen LogP contribution is -2.47. The highest BCUT2D eigenvalue weighted by molar-refractivity contribution is 5.85. The fraction of sp³-hybridized carbons (Fsp3) is 0.250. The molecule has 0 spiro atoms. The summed E-state index contributed by atoms with van der Waals surface area (Å²) in [6, 6.07) is 19.8. The van der Waals surface area contributed by atoms with Gasteiger partial charge in [-0.05, 0) is 24.3 Å². The summed E-state index contributed by atoms with van der Waals surface area (Å²) in [5, 5.41) is 9.76. The Balaban J connectivity index is 1.66. The fourth-order valence-electron chi connectivity index (χ4n) is 3.70. The van der Waals surface area contributed by atoms with E-state index in [4.69, 9.17) is 9.72 Å². The number of nitriles is 1. The molecule has 7 heteroatoms. The molecule has 1 fully saturated rings. The molecule has 2 heterocycles. The zero-order chi connectivity index (χ0) is 21.6. The SMILES string of the molecule is C=CCOC(=O)[C@@H](C#N)c1nc2ccccc2nc1N1CCN(c2ccccc2)CC1. The van der Waals surface area contributed by atoms with Crippen LogP contribution >= 0.6 is 0 Å². The van der Waals surface area contributed by atoms with Crippen LogP contribution in [-0.2, 0) is 9.53 Å². The van der Waals surface area contributed by atoms with E-state index >= 15 is 0 Å². The van der Waals surface area contributed by atoms with Crippen LogP contribution in [0.15, 0.2) is 67.3 Å². The van der Waals surface area contributed by atoms with E-state index < -0.39 is 11.9 Å². The van der Waals surface area contributed by atoms with Crippen molar-refractivity contribution in [1.82, 2.24) is 9.97 Å². The standard InChI is InChI=1S/C24H23N5O2/c1-2-16-31-24(30)19(17-25)22-23(27-21-11-7-6-10-20(21)26-22)29-14-12-28(13-15-29)18-8-4-3-5-9-18/h2-11,19H,1,12-16H2/t19-/m0/s1. The van der Waals surface area contributed by atoms with Crippen molar-refractivity contribution in [2.24, 2.45) is 0 Å². The third-order valence-corrected chi connectivity index (χ3v) is 5.26. The van der Waals surface area contributed by atoms with Gasteiger partial charge in [-0.3, -0.25) is 4.79 Å². The smallest absolute Gasteiger partial charge is 0.330 e. The van der Waals surface area contributed by atoms with Gasteiger partial charge in [-0.1, -0.05) is 43.0 Å². The third kappa shape index (κ3) is 4.33. The summed E-state index contributed by atoms with van der Waals surface area (Å²) in [5.41, 5.74) is 2.88. The topological polar surface area (TPSA) is 82.3 Å². The lowest BCUT2D eigenvalue weighted by atomic mass is 10.1. The molecule has 1 saturated heterocycles. The molecule has 0 radical (unpaired) electrons. The first-order valence-corrected chi connectivity index (χ1v) is 10.2. The molecule has 2 aromatic carbocycles. The second kappa shape index (κ2) is 9.26. The predicted octanol–water partition coefficient (Wildman–Crippen LogP) is 3.29. The van der Waals surface area contributed by atoms with Gasteiger partial charge in [0.05, 0.1) is 17.1 Å². The maximum atomic E-state index is 12.6. The summed E-state index contributed by atoms with van der Waals surface area (Å²) in [7, 11) is 0. The first-order chi connectivity index (χ1) is 15.2. The number of hydrogen-bond donors (Lipinski definition) is 0. The molecule has 0 saturated carbocycles. The number of anilines is 2. The quantitative estimate of drug-likeness (QED) is 0.453. The van der Waals surface area contributed by atoms with Gasteiger partial charge in [0.2, 0.25) is 0 Å². The first-order valence-electron chi connectivity index (χ1n) is 10.2. The Morgan fingerprint density at radius 1 is 1.03 bits per heavy atom. The van der Waals surface area contributed by atoms with Gasteiger partial charge in [0.15, 0.2) is 11.7 Å². The number of para-hydroxylation sites is 3. The van der Waals surface area contributed by atoms with Gasteiger partial charge in [0.1, 0.15) is 12.3 Å². The van der Waals surface area contributed by atoms with E-state index in [1.54, 1.807) is 0 Å².